The molecule has 0 unspecified atom stereocenters. The smallest absolute Gasteiger partial charge is 0.243 e. The van der Waals surface area contributed by atoms with Gasteiger partial charge in [0, 0.05) is 19.4 Å². The molecule has 10 N–H and O–H groups in total. The summed E-state index contributed by atoms with van der Waals surface area (Å²) in [5, 5.41) is 32.9. The van der Waals surface area contributed by atoms with E-state index in [1.165, 1.54) is 6.07 Å². The lowest BCUT2D eigenvalue weighted by Gasteiger charge is -2.26. The molecule has 3 atom stereocenters. The number of carbonyl (C=O) groups is 3. The van der Waals surface area contributed by atoms with Gasteiger partial charge in [0.2, 0.25) is 17.7 Å². The Hall–Kier alpha value is -3.67. The van der Waals surface area contributed by atoms with E-state index in [1.807, 2.05) is 0 Å². The van der Waals surface area contributed by atoms with Crippen LogP contribution in [0.25, 0.3) is 11.1 Å². The van der Waals surface area contributed by atoms with E-state index in [2.05, 4.69) is 21.3 Å². The third kappa shape index (κ3) is 7.50. The van der Waals surface area contributed by atoms with E-state index in [-0.39, 0.29) is 36.7 Å². The van der Waals surface area contributed by atoms with Crippen LogP contribution >= 0.6 is 0 Å². The van der Waals surface area contributed by atoms with Crippen molar-refractivity contribution in [1.29, 1.82) is 0 Å². The molecule has 2 aliphatic heterocycles. The largest absolute Gasteiger partial charge is 0.508 e. The molecule has 11 nitrogen and oxygen atoms in total. The second kappa shape index (κ2) is 13.6. The van der Waals surface area contributed by atoms with Gasteiger partial charge in [0.05, 0.1) is 6.04 Å². The van der Waals surface area contributed by atoms with E-state index >= 15 is 0 Å². The monoisotopic (exact) mass is 552 g/mol. The summed E-state index contributed by atoms with van der Waals surface area (Å²) in [4.78, 5) is 39.9. The number of piperidine rings is 1. The number of nitrogens with two attached hydrogens (primary N) is 2. The highest BCUT2D eigenvalue weighted by Crippen LogP contribution is 2.31. The van der Waals surface area contributed by atoms with Crippen molar-refractivity contribution in [3.8, 4) is 22.6 Å². The first-order chi connectivity index (χ1) is 19.2. The van der Waals surface area contributed by atoms with E-state index in [0.717, 1.165) is 37.1 Å². The molecule has 0 spiro atoms. The van der Waals surface area contributed by atoms with Gasteiger partial charge in [0.15, 0.2) is 0 Å². The minimum Gasteiger partial charge on any atom is -0.508 e. The number of benzene rings is 2. The van der Waals surface area contributed by atoms with Crippen molar-refractivity contribution in [3.05, 3.63) is 47.5 Å². The summed E-state index contributed by atoms with van der Waals surface area (Å²) in [6, 6.07) is 7.05. The van der Waals surface area contributed by atoms with Crippen LogP contribution in [0.3, 0.4) is 0 Å². The lowest BCUT2D eigenvalue weighted by Crippen LogP contribution is -2.56. The molecule has 0 radical (unpaired) electrons. The van der Waals surface area contributed by atoms with Gasteiger partial charge in [-0.25, -0.2) is 0 Å². The number of phenols is 2. The van der Waals surface area contributed by atoms with Crippen molar-refractivity contribution in [2.45, 2.75) is 56.7 Å². The SMILES string of the molecule is NCCC[C@H]1NC(=O)[C@@H](N)Cc2cc(ccc2O)-c2ccc(O)c(c2)C[C@H](C(=O)NCC2CCNCC2)NC1=O. The molecule has 2 aromatic carbocycles. The van der Waals surface area contributed by atoms with Gasteiger partial charge in [0.1, 0.15) is 23.6 Å². The summed E-state index contributed by atoms with van der Waals surface area (Å²) in [5.74, 6) is -1.13. The van der Waals surface area contributed by atoms with Gasteiger partial charge in [-0.05, 0) is 97.8 Å². The number of hydrogen-bond acceptors (Lipinski definition) is 8. The Labute approximate surface area is 234 Å². The molecule has 0 saturated carbocycles. The van der Waals surface area contributed by atoms with E-state index in [0.29, 0.717) is 36.6 Å². The molecule has 40 heavy (non-hydrogen) atoms. The highest BCUT2D eigenvalue weighted by molar-refractivity contribution is 5.93. The third-order valence-corrected chi connectivity index (χ3v) is 7.68. The zero-order chi connectivity index (χ0) is 28.6. The van der Waals surface area contributed by atoms with Crippen molar-refractivity contribution in [3.63, 3.8) is 0 Å². The standard InChI is InChI=1S/C29H40N6O5/c30-9-1-2-23-29(40)35-24(28(39)33-16-17-7-10-32-11-8-17)15-21-13-19(4-6-26(21)37)18-3-5-25(36)20(12-18)14-22(31)27(38)34-23/h3-6,12-13,17,22-24,32,36-37H,1-2,7-11,14-16,30-31H2,(H,33,39)(H,34,38)(H,35,40)/t22-,23+,24+/m0/s1. The van der Waals surface area contributed by atoms with E-state index < -0.39 is 29.9 Å². The summed E-state index contributed by atoms with van der Waals surface area (Å²) in [6.07, 6.45) is 2.69. The van der Waals surface area contributed by atoms with Crippen LogP contribution < -0.4 is 32.7 Å². The number of hydrogen-bond donors (Lipinski definition) is 8. The second-order valence-electron chi connectivity index (χ2n) is 10.7. The Morgan fingerprint density at radius 3 is 2.17 bits per heavy atom. The van der Waals surface area contributed by atoms with Crippen LogP contribution in [-0.4, -0.2) is 72.2 Å². The lowest BCUT2D eigenvalue weighted by atomic mass is 9.95. The summed E-state index contributed by atoms with van der Waals surface area (Å²) in [6.45, 7) is 2.58. The normalized spacial score (nSPS) is 22.4. The maximum Gasteiger partial charge on any atom is 0.243 e. The Balaban J connectivity index is 1.69. The Bertz CT molecular complexity index is 1220. The number of nitrogens with one attached hydrogen (secondary N) is 4. The number of amides is 3. The van der Waals surface area contributed by atoms with Crippen molar-refractivity contribution in [2.24, 2.45) is 17.4 Å². The van der Waals surface area contributed by atoms with Gasteiger partial charge < -0.3 is 42.9 Å². The van der Waals surface area contributed by atoms with Crippen LogP contribution in [-0.2, 0) is 27.2 Å². The Kier molecular flexibility index (Phi) is 9.97. The highest BCUT2D eigenvalue weighted by Gasteiger charge is 2.30. The van der Waals surface area contributed by atoms with Crippen LogP contribution in [0.5, 0.6) is 11.5 Å². The molecule has 11 heteroatoms. The first kappa shape index (κ1) is 29.3. The number of carbonyl (C=O) groups excluding carboxylic acids is 3. The summed E-state index contributed by atoms with van der Waals surface area (Å²) in [5.41, 5.74) is 14.3. The van der Waals surface area contributed by atoms with Crippen molar-refractivity contribution >= 4 is 17.7 Å². The zero-order valence-corrected chi connectivity index (χ0v) is 22.6. The zero-order valence-electron chi connectivity index (χ0n) is 22.6. The van der Waals surface area contributed by atoms with Gasteiger partial charge in [-0.15, -0.1) is 0 Å². The molecule has 4 bridgehead atoms. The van der Waals surface area contributed by atoms with E-state index in [4.69, 9.17) is 11.5 Å². The molecule has 3 amide bonds. The minimum absolute atomic E-state index is 0.00164. The average Bonchev–Trinajstić information content (AvgIpc) is 2.95. The van der Waals surface area contributed by atoms with Crippen LogP contribution in [0.4, 0.5) is 0 Å². The fourth-order valence-corrected chi connectivity index (χ4v) is 5.21. The topological polar surface area (TPSA) is 192 Å². The Morgan fingerprint density at radius 2 is 1.55 bits per heavy atom. The second-order valence-corrected chi connectivity index (χ2v) is 10.7. The molecule has 2 aromatic rings. The molecule has 0 aromatic heterocycles. The summed E-state index contributed by atoms with van der Waals surface area (Å²) in [7, 11) is 0. The lowest BCUT2D eigenvalue weighted by molar-refractivity contribution is -0.132. The van der Waals surface area contributed by atoms with Crippen LogP contribution in [0.15, 0.2) is 36.4 Å². The highest BCUT2D eigenvalue weighted by atomic mass is 16.3. The third-order valence-electron chi connectivity index (χ3n) is 7.68. The fourth-order valence-electron chi connectivity index (χ4n) is 5.21. The number of rotatable bonds is 6. The summed E-state index contributed by atoms with van der Waals surface area (Å²) < 4.78 is 0. The molecule has 4 rings (SSSR count). The van der Waals surface area contributed by atoms with Crippen LogP contribution in [0, 0.1) is 5.92 Å². The first-order valence-corrected chi connectivity index (χ1v) is 13.9. The molecular weight excluding hydrogens is 512 g/mol. The maximum atomic E-state index is 13.4. The molecule has 2 aliphatic rings. The number of fused-ring (bicyclic) bond motifs is 5. The van der Waals surface area contributed by atoms with Crippen LogP contribution in [0.1, 0.15) is 36.8 Å². The van der Waals surface area contributed by atoms with Gasteiger partial charge in [0.25, 0.3) is 0 Å². The summed E-state index contributed by atoms with van der Waals surface area (Å²) >= 11 is 0. The van der Waals surface area contributed by atoms with Gasteiger partial charge in [-0.2, -0.15) is 0 Å². The van der Waals surface area contributed by atoms with Crippen LogP contribution in [0.2, 0.25) is 0 Å². The quantitative estimate of drug-likeness (QED) is 0.246. The molecule has 216 valence electrons. The molecule has 1 fully saturated rings. The number of phenolic OH excluding ortho intramolecular Hbond substituents is 2. The maximum absolute atomic E-state index is 13.4. The van der Waals surface area contributed by atoms with Gasteiger partial charge >= 0.3 is 0 Å². The molecular formula is C29H40N6O5. The Morgan fingerprint density at radius 1 is 0.925 bits per heavy atom. The van der Waals surface area contributed by atoms with E-state index in [9.17, 15) is 24.6 Å². The molecule has 1 saturated heterocycles. The van der Waals surface area contributed by atoms with Crippen molar-refractivity contribution in [2.75, 3.05) is 26.2 Å². The minimum atomic E-state index is -1.03. The van der Waals surface area contributed by atoms with Gasteiger partial charge in [-0.1, -0.05) is 12.1 Å². The molecule has 0 aliphatic carbocycles. The van der Waals surface area contributed by atoms with Crippen molar-refractivity contribution in [1.82, 2.24) is 21.3 Å². The van der Waals surface area contributed by atoms with E-state index in [1.54, 1.807) is 30.3 Å². The molecule has 2 heterocycles. The first-order valence-electron chi connectivity index (χ1n) is 13.9. The average molecular weight is 553 g/mol. The number of aromatic hydroxyl groups is 2. The van der Waals surface area contributed by atoms with Crippen molar-refractivity contribution < 1.29 is 24.6 Å². The predicted octanol–water partition coefficient (Wildman–Crippen LogP) is 0.0150. The van der Waals surface area contributed by atoms with Gasteiger partial charge in [-0.3, -0.25) is 14.4 Å². The predicted molar refractivity (Wildman–Crippen MR) is 151 cm³/mol. The fraction of sp³-hybridized carbons (Fsp3) is 0.483.